The molecule has 0 bridgehead atoms. The predicted octanol–water partition coefficient (Wildman–Crippen LogP) is 8.78. The van der Waals surface area contributed by atoms with E-state index in [4.69, 9.17) is 0 Å². The average Bonchev–Trinajstić information content (AvgIpc) is 3.00. The molecular weight excluding hydrogens is 559 g/mol. The van der Waals surface area contributed by atoms with E-state index in [1.54, 1.807) is 11.8 Å². The molecule has 0 saturated carbocycles. The smallest absolute Gasteiger partial charge is 0.325 e. The summed E-state index contributed by atoms with van der Waals surface area (Å²) < 4.78 is 0. The van der Waals surface area contributed by atoms with Gasteiger partial charge in [-0.3, -0.25) is 9.69 Å². The van der Waals surface area contributed by atoms with E-state index >= 15 is 0 Å². The van der Waals surface area contributed by atoms with Crippen LogP contribution in [0.3, 0.4) is 0 Å². The molecule has 4 aromatic rings. The van der Waals surface area contributed by atoms with Crippen molar-refractivity contribution in [2.24, 2.45) is 0 Å². The second-order valence-electron chi connectivity index (χ2n) is 10.4. The van der Waals surface area contributed by atoms with Crippen LogP contribution >= 0.6 is 23.5 Å². The SMILES string of the molecule is Cc1ccc(NC(=O)C(Sc2cccc(NC(=O)N3c4ccccc4SC4C=CC=CC43)c2)c2ccccc2)c(C)c1. The minimum Gasteiger partial charge on any atom is -0.325 e. The fourth-order valence-corrected chi connectivity index (χ4v) is 7.59. The highest BCUT2D eigenvalue weighted by Gasteiger charge is 2.36. The van der Waals surface area contributed by atoms with E-state index in [9.17, 15) is 9.59 Å². The Morgan fingerprint density at radius 2 is 1.62 bits per heavy atom. The highest BCUT2D eigenvalue weighted by Crippen LogP contribution is 2.44. The van der Waals surface area contributed by atoms with E-state index in [2.05, 4.69) is 34.9 Å². The van der Waals surface area contributed by atoms with Gasteiger partial charge >= 0.3 is 6.03 Å². The van der Waals surface area contributed by atoms with Crippen molar-refractivity contribution in [3.05, 3.63) is 138 Å². The van der Waals surface area contributed by atoms with E-state index in [1.807, 2.05) is 116 Å². The zero-order valence-corrected chi connectivity index (χ0v) is 25.0. The molecule has 5 nitrogen and oxygen atoms in total. The van der Waals surface area contributed by atoms with Gasteiger partial charge in [0.1, 0.15) is 5.25 Å². The molecule has 1 aliphatic carbocycles. The van der Waals surface area contributed by atoms with Gasteiger partial charge in [-0.15, -0.1) is 23.5 Å². The second-order valence-corrected chi connectivity index (χ2v) is 12.8. The van der Waals surface area contributed by atoms with Crippen LogP contribution in [0.4, 0.5) is 21.9 Å². The normalized spacial score (nSPS) is 17.6. The van der Waals surface area contributed by atoms with E-state index in [0.717, 1.165) is 37.9 Å². The Morgan fingerprint density at radius 3 is 2.45 bits per heavy atom. The zero-order chi connectivity index (χ0) is 29.1. The molecule has 0 radical (unpaired) electrons. The van der Waals surface area contributed by atoms with Crippen LogP contribution in [0.1, 0.15) is 21.9 Å². The molecule has 1 aliphatic heterocycles. The first-order valence-corrected chi connectivity index (χ1v) is 15.6. The van der Waals surface area contributed by atoms with Crippen molar-refractivity contribution in [2.45, 2.75) is 40.2 Å². The van der Waals surface area contributed by atoms with Crippen LogP contribution in [0.5, 0.6) is 0 Å². The number of nitrogens with one attached hydrogen (secondary N) is 2. The van der Waals surface area contributed by atoms with E-state index < -0.39 is 5.25 Å². The minimum atomic E-state index is -0.483. The molecule has 6 rings (SSSR count). The first-order valence-electron chi connectivity index (χ1n) is 13.9. The number of hydrogen-bond donors (Lipinski definition) is 2. The molecule has 3 amide bonds. The number of carbonyl (C=O) groups excluding carboxylic acids is 2. The van der Waals surface area contributed by atoms with Crippen LogP contribution in [-0.2, 0) is 4.79 Å². The average molecular weight is 590 g/mol. The van der Waals surface area contributed by atoms with E-state index in [1.165, 1.54) is 11.8 Å². The largest absolute Gasteiger partial charge is 0.326 e. The Labute approximate surface area is 255 Å². The van der Waals surface area contributed by atoms with Crippen molar-refractivity contribution in [3.63, 3.8) is 0 Å². The van der Waals surface area contributed by atoms with Crippen molar-refractivity contribution in [1.29, 1.82) is 0 Å². The van der Waals surface area contributed by atoms with Gasteiger partial charge in [0.2, 0.25) is 5.91 Å². The Balaban J connectivity index is 1.24. The molecule has 3 atom stereocenters. The molecule has 42 heavy (non-hydrogen) atoms. The summed E-state index contributed by atoms with van der Waals surface area (Å²) in [5.74, 6) is -0.0989. The molecule has 0 fully saturated rings. The third-order valence-electron chi connectivity index (χ3n) is 7.28. The standard InChI is InChI=1S/C35H31N3O2S2/c1-23-19-20-28(24(2)21-23)37-34(39)33(25-11-4-3-5-12-25)41-27-14-10-13-26(22-27)36-35(40)38-29-15-6-8-17-31(29)42-32-18-9-7-16-30(32)38/h3-22,29,31,33H,1-2H3,(H,36,40)(H,37,39). The Morgan fingerprint density at radius 1 is 0.833 bits per heavy atom. The first kappa shape index (κ1) is 27.9. The van der Waals surface area contributed by atoms with Crippen LogP contribution in [-0.4, -0.2) is 23.2 Å². The summed E-state index contributed by atoms with van der Waals surface area (Å²) in [5, 5.41) is 5.93. The number of urea groups is 1. The lowest BCUT2D eigenvalue weighted by atomic mass is 10.1. The lowest BCUT2D eigenvalue weighted by molar-refractivity contribution is -0.115. The fraction of sp³-hybridized carbons (Fsp3) is 0.143. The van der Waals surface area contributed by atoms with E-state index in [-0.39, 0.29) is 23.2 Å². The molecule has 2 aliphatic rings. The number of anilines is 3. The van der Waals surface area contributed by atoms with Gasteiger partial charge in [0.25, 0.3) is 0 Å². The van der Waals surface area contributed by atoms with Crippen LogP contribution in [0.2, 0.25) is 0 Å². The lowest BCUT2D eigenvalue weighted by Gasteiger charge is -2.40. The number of nitrogens with zero attached hydrogens (tertiary/aromatic N) is 1. The van der Waals surface area contributed by atoms with Crippen LogP contribution in [0, 0.1) is 13.8 Å². The summed E-state index contributed by atoms with van der Waals surface area (Å²) in [7, 11) is 0. The van der Waals surface area contributed by atoms with Gasteiger partial charge in [0.05, 0.1) is 17.0 Å². The third-order valence-corrected chi connectivity index (χ3v) is 9.84. The number of hydrogen-bond acceptors (Lipinski definition) is 4. The third kappa shape index (κ3) is 6.03. The minimum absolute atomic E-state index is 0.0798. The monoisotopic (exact) mass is 589 g/mol. The molecule has 7 heteroatoms. The van der Waals surface area contributed by atoms with Crippen molar-refractivity contribution in [2.75, 3.05) is 15.5 Å². The number of amides is 3. The maximum Gasteiger partial charge on any atom is 0.326 e. The number of para-hydroxylation sites is 1. The first-order chi connectivity index (χ1) is 20.5. The summed E-state index contributed by atoms with van der Waals surface area (Å²) in [6, 6.07) is 31.2. The number of thioether (sulfide) groups is 2. The quantitative estimate of drug-likeness (QED) is 0.221. The fourth-order valence-electron chi connectivity index (χ4n) is 5.24. The van der Waals surface area contributed by atoms with Crippen molar-refractivity contribution in [3.8, 4) is 0 Å². The molecule has 0 aromatic heterocycles. The van der Waals surface area contributed by atoms with Gasteiger partial charge in [-0.05, 0) is 61.4 Å². The van der Waals surface area contributed by atoms with Crippen molar-refractivity contribution in [1.82, 2.24) is 0 Å². The topological polar surface area (TPSA) is 61.4 Å². The number of fused-ring (bicyclic) bond motifs is 2. The molecule has 0 saturated heterocycles. The molecular formula is C35H31N3O2S2. The molecule has 2 N–H and O–H groups in total. The number of aryl methyl sites for hydroxylation is 2. The predicted molar refractivity (Wildman–Crippen MR) is 176 cm³/mol. The highest BCUT2D eigenvalue weighted by atomic mass is 32.2. The Hall–Kier alpha value is -4.20. The number of carbonyl (C=O) groups is 2. The number of rotatable bonds is 6. The molecule has 1 heterocycles. The summed E-state index contributed by atoms with van der Waals surface area (Å²) in [5.41, 5.74) is 5.46. The maximum atomic E-state index is 13.8. The van der Waals surface area contributed by atoms with E-state index in [0.29, 0.717) is 5.69 Å². The van der Waals surface area contributed by atoms with Gasteiger partial charge in [0, 0.05) is 21.2 Å². The Bertz CT molecular complexity index is 1680. The number of benzene rings is 4. The van der Waals surface area contributed by atoms with Gasteiger partial charge < -0.3 is 10.6 Å². The Kier molecular flexibility index (Phi) is 8.22. The van der Waals surface area contributed by atoms with Gasteiger partial charge in [-0.2, -0.15) is 0 Å². The zero-order valence-electron chi connectivity index (χ0n) is 23.4. The highest BCUT2D eigenvalue weighted by molar-refractivity contribution is 8.00. The molecule has 0 spiro atoms. The lowest BCUT2D eigenvalue weighted by Crippen LogP contribution is -2.49. The van der Waals surface area contributed by atoms with Gasteiger partial charge in [0.15, 0.2) is 0 Å². The summed E-state index contributed by atoms with van der Waals surface area (Å²) in [4.78, 5) is 31.2. The van der Waals surface area contributed by atoms with Gasteiger partial charge in [-0.1, -0.05) is 90.5 Å². The molecule has 3 unspecified atom stereocenters. The van der Waals surface area contributed by atoms with Crippen LogP contribution in [0.25, 0.3) is 0 Å². The summed E-state index contributed by atoms with van der Waals surface area (Å²) >= 11 is 3.24. The van der Waals surface area contributed by atoms with Crippen LogP contribution in [0.15, 0.2) is 131 Å². The second kappa shape index (κ2) is 12.3. The van der Waals surface area contributed by atoms with Crippen LogP contribution < -0.4 is 15.5 Å². The molecule has 4 aromatic carbocycles. The summed E-state index contributed by atoms with van der Waals surface area (Å²) in [6.07, 6.45) is 8.27. The van der Waals surface area contributed by atoms with Crippen molar-refractivity contribution >= 4 is 52.5 Å². The van der Waals surface area contributed by atoms with Gasteiger partial charge in [-0.25, -0.2) is 4.79 Å². The summed E-state index contributed by atoms with van der Waals surface area (Å²) in [6.45, 7) is 4.04. The van der Waals surface area contributed by atoms with Crippen molar-refractivity contribution < 1.29 is 9.59 Å². The molecule has 210 valence electrons. The maximum absolute atomic E-state index is 13.8. The number of allylic oxidation sites excluding steroid dienone is 2.